The minimum absolute atomic E-state index is 0.264. The maximum absolute atomic E-state index is 13.2. The van der Waals surface area contributed by atoms with Gasteiger partial charge in [-0.1, -0.05) is 12.1 Å². The van der Waals surface area contributed by atoms with Crippen molar-refractivity contribution in [1.82, 2.24) is 20.0 Å². The molecule has 2 heterocycles. The fraction of sp³-hybridized carbons (Fsp3) is 0.353. The molecule has 0 fully saturated rings. The summed E-state index contributed by atoms with van der Waals surface area (Å²) >= 11 is 0. The van der Waals surface area contributed by atoms with Gasteiger partial charge < -0.3 is 14.6 Å². The number of aromatic amines is 1. The molecule has 0 aliphatic heterocycles. The molecule has 0 atom stereocenters. The third-order valence-corrected chi connectivity index (χ3v) is 3.55. The van der Waals surface area contributed by atoms with E-state index in [0.717, 1.165) is 29.2 Å². The van der Waals surface area contributed by atoms with Gasteiger partial charge in [0, 0.05) is 6.07 Å². The Bertz CT molecular complexity index is 936. The number of carbonyl (C=O) groups is 1. The number of hydrogen-bond donors (Lipinski definition) is 2. The number of aromatic nitrogens is 3. The zero-order chi connectivity index (χ0) is 20.9. The van der Waals surface area contributed by atoms with Crippen LogP contribution < -0.4 is 0 Å². The molecular formula is C17H18F4N4O3. The van der Waals surface area contributed by atoms with Crippen molar-refractivity contribution >= 4 is 17.0 Å². The van der Waals surface area contributed by atoms with Crippen molar-refractivity contribution in [3.05, 3.63) is 47.4 Å². The van der Waals surface area contributed by atoms with Crippen LogP contribution in [0.1, 0.15) is 24.2 Å². The first-order chi connectivity index (χ1) is 13.1. The highest BCUT2D eigenvalue weighted by molar-refractivity contribution is 5.75. The van der Waals surface area contributed by atoms with Gasteiger partial charge in [0.25, 0.3) is 0 Å². The molecule has 1 aromatic carbocycles. The van der Waals surface area contributed by atoms with Gasteiger partial charge in [0.2, 0.25) is 0 Å². The van der Waals surface area contributed by atoms with Crippen molar-refractivity contribution in [1.29, 1.82) is 0 Å². The van der Waals surface area contributed by atoms with E-state index in [1.807, 2.05) is 20.0 Å². The number of aryl methyl sites for hydroxylation is 1. The average Bonchev–Trinajstić information content (AvgIpc) is 3.20. The lowest BCUT2D eigenvalue weighted by Gasteiger charge is -2.12. The Labute approximate surface area is 157 Å². The number of nitrogens with one attached hydrogen (secondary N) is 1. The number of nitrogens with zero attached hydrogens (tertiary/aromatic N) is 3. The van der Waals surface area contributed by atoms with Crippen LogP contribution in [0.2, 0.25) is 0 Å². The van der Waals surface area contributed by atoms with Crippen molar-refractivity contribution < 1.29 is 32.0 Å². The maximum atomic E-state index is 13.2. The number of carboxylic acid groups (broad SMARTS) is 1. The number of rotatable bonds is 5. The van der Waals surface area contributed by atoms with Gasteiger partial charge in [0.15, 0.2) is 5.76 Å². The van der Waals surface area contributed by atoms with Crippen molar-refractivity contribution in [3.63, 3.8) is 0 Å². The maximum Gasteiger partial charge on any atom is 0.490 e. The molecule has 11 heteroatoms. The van der Waals surface area contributed by atoms with Gasteiger partial charge in [-0.2, -0.15) is 13.2 Å². The van der Waals surface area contributed by atoms with E-state index in [4.69, 9.17) is 14.4 Å². The number of hydrogen-bond acceptors (Lipinski definition) is 5. The Balaban J connectivity index is 0.000000345. The normalized spacial score (nSPS) is 11.5. The fourth-order valence-corrected chi connectivity index (χ4v) is 2.28. The van der Waals surface area contributed by atoms with Crippen LogP contribution in [0.4, 0.5) is 17.6 Å². The lowest BCUT2D eigenvalue weighted by atomic mass is 10.3. The second kappa shape index (κ2) is 8.83. The van der Waals surface area contributed by atoms with Crippen LogP contribution in [0, 0.1) is 5.82 Å². The van der Waals surface area contributed by atoms with Gasteiger partial charge in [0.1, 0.15) is 11.6 Å². The zero-order valence-corrected chi connectivity index (χ0v) is 15.0. The standard InChI is InChI=1S/C15H17FN4O.C2HF3O2/c1-3-11-7-12(21-19-11)8-20(2)9-15-17-13-5-4-10(16)6-14(13)18-15;3-2(4,5)1(6)7/h4-7H,3,8-9H2,1-2H3,(H,17,18);(H,6,7). The summed E-state index contributed by atoms with van der Waals surface area (Å²) in [6, 6.07) is 6.51. The highest BCUT2D eigenvalue weighted by Crippen LogP contribution is 2.15. The molecule has 0 aliphatic rings. The zero-order valence-electron chi connectivity index (χ0n) is 15.0. The quantitative estimate of drug-likeness (QED) is 0.634. The largest absolute Gasteiger partial charge is 0.490 e. The number of carboxylic acids is 1. The number of H-pyrrole nitrogens is 1. The number of alkyl halides is 3. The van der Waals surface area contributed by atoms with Crippen LogP contribution >= 0.6 is 0 Å². The van der Waals surface area contributed by atoms with Crippen molar-refractivity contribution in [2.45, 2.75) is 32.6 Å². The molecule has 0 amide bonds. The molecular weight excluding hydrogens is 384 g/mol. The van der Waals surface area contributed by atoms with Gasteiger partial charge in [-0.3, -0.25) is 4.90 Å². The van der Waals surface area contributed by atoms with E-state index in [1.165, 1.54) is 12.1 Å². The number of imidazole rings is 1. The molecule has 0 saturated heterocycles. The van der Waals surface area contributed by atoms with E-state index in [1.54, 1.807) is 6.07 Å². The molecule has 0 radical (unpaired) electrons. The average molecular weight is 402 g/mol. The van der Waals surface area contributed by atoms with E-state index in [9.17, 15) is 17.6 Å². The summed E-state index contributed by atoms with van der Waals surface area (Å²) in [7, 11) is 1.97. The van der Waals surface area contributed by atoms with Gasteiger partial charge in [-0.05, 0) is 31.7 Å². The topological polar surface area (TPSA) is 95.3 Å². The van der Waals surface area contributed by atoms with Gasteiger partial charge in [-0.15, -0.1) is 0 Å². The minimum atomic E-state index is -5.08. The first-order valence-electron chi connectivity index (χ1n) is 8.15. The third-order valence-electron chi connectivity index (χ3n) is 3.55. The lowest BCUT2D eigenvalue weighted by Crippen LogP contribution is -2.21. The highest BCUT2D eigenvalue weighted by Gasteiger charge is 2.38. The van der Waals surface area contributed by atoms with Crippen LogP contribution in [0.15, 0.2) is 28.8 Å². The van der Waals surface area contributed by atoms with E-state index >= 15 is 0 Å². The van der Waals surface area contributed by atoms with Crippen molar-refractivity contribution in [2.24, 2.45) is 0 Å². The van der Waals surface area contributed by atoms with E-state index in [0.29, 0.717) is 18.6 Å². The molecule has 2 N–H and O–H groups in total. The van der Waals surface area contributed by atoms with Gasteiger partial charge >= 0.3 is 12.1 Å². The molecule has 0 bridgehead atoms. The van der Waals surface area contributed by atoms with E-state index < -0.39 is 12.1 Å². The Morgan fingerprint density at radius 1 is 1.29 bits per heavy atom. The van der Waals surface area contributed by atoms with Crippen LogP contribution in [0.3, 0.4) is 0 Å². The van der Waals surface area contributed by atoms with Crippen molar-refractivity contribution in [3.8, 4) is 0 Å². The Morgan fingerprint density at radius 3 is 2.54 bits per heavy atom. The van der Waals surface area contributed by atoms with Crippen molar-refractivity contribution in [2.75, 3.05) is 7.05 Å². The molecule has 0 spiro atoms. The summed E-state index contributed by atoms with van der Waals surface area (Å²) in [6.45, 7) is 3.32. The van der Waals surface area contributed by atoms with Crippen LogP contribution in [-0.2, 0) is 24.3 Å². The molecule has 0 saturated carbocycles. The summed E-state index contributed by atoms with van der Waals surface area (Å²) < 4.78 is 50.2. The third kappa shape index (κ3) is 6.05. The lowest BCUT2D eigenvalue weighted by molar-refractivity contribution is -0.192. The summed E-state index contributed by atoms with van der Waals surface area (Å²) in [5.74, 6) is -1.39. The molecule has 0 unspecified atom stereocenters. The Hall–Kier alpha value is -2.95. The molecule has 7 nitrogen and oxygen atoms in total. The first-order valence-corrected chi connectivity index (χ1v) is 8.15. The first kappa shape index (κ1) is 21.4. The predicted molar refractivity (Wildman–Crippen MR) is 90.8 cm³/mol. The summed E-state index contributed by atoms with van der Waals surface area (Å²) in [4.78, 5) is 18.5. The highest BCUT2D eigenvalue weighted by atomic mass is 19.4. The monoisotopic (exact) mass is 402 g/mol. The number of halogens is 4. The van der Waals surface area contributed by atoms with Crippen LogP contribution in [0.5, 0.6) is 0 Å². The molecule has 3 rings (SSSR count). The van der Waals surface area contributed by atoms with E-state index in [-0.39, 0.29) is 5.82 Å². The molecule has 152 valence electrons. The molecule has 28 heavy (non-hydrogen) atoms. The second-order valence-electron chi connectivity index (χ2n) is 5.96. The summed E-state index contributed by atoms with van der Waals surface area (Å²) in [6.07, 6.45) is -4.22. The van der Waals surface area contributed by atoms with E-state index in [2.05, 4.69) is 20.0 Å². The van der Waals surface area contributed by atoms with Crippen LogP contribution in [-0.4, -0.2) is 44.3 Å². The Kier molecular flexibility index (Phi) is 6.73. The summed E-state index contributed by atoms with van der Waals surface area (Å²) in [5.41, 5.74) is 2.44. The minimum Gasteiger partial charge on any atom is -0.475 e. The SMILES string of the molecule is CCc1cc(CN(C)Cc2nc3ccc(F)cc3[nH]2)on1.O=C(O)C(F)(F)F. The fourth-order valence-electron chi connectivity index (χ4n) is 2.28. The molecule has 2 aromatic heterocycles. The molecule has 3 aromatic rings. The van der Waals surface area contributed by atoms with Gasteiger partial charge in [0.05, 0.1) is 29.8 Å². The number of benzene rings is 1. The molecule has 0 aliphatic carbocycles. The van der Waals surface area contributed by atoms with Crippen LogP contribution in [0.25, 0.3) is 11.0 Å². The van der Waals surface area contributed by atoms with Gasteiger partial charge in [-0.25, -0.2) is 14.2 Å². The number of fused-ring (bicyclic) bond motifs is 1. The predicted octanol–water partition coefficient (Wildman–Crippen LogP) is 3.52. The smallest absolute Gasteiger partial charge is 0.475 e. The Morgan fingerprint density at radius 2 is 1.96 bits per heavy atom. The summed E-state index contributed by atoms with van der Waals surface area (Å²) in [5, 5.41) is 11.1. The second-order valence-corrected chi connectivity index (χ2v) is 5.96. The number of aliphatic carboxylic acids is 1.